The second-order valence-electron chi connectivity index (χ2n) is 6.45. The summed E-state index contributed by atoms with van der Waals surface area (Å²) in [5.74, 6) is 0.179. The third-order valence-corrected chi connectivity index (χ3v) is 5.42. The number of amides is 1. The van der Waals surface area contributed by atoms with Gasteiger partial charge in [-0.05, 0) is 65.8 Å². The number of hydrogen-bond acceptors (Lipinski definition) is 4. The minimum Gasteiger partial charge on any atom is -0.496 e. The van der Waals surface area contributed by atoms with Gasteiger partial charge in [0, 0.05) is 12.0 Å². The molecule has 0 radical (unpaired) electrons. The van der Waals surface area contributed by atoms with Gasteiger partial charge in [0.05, 0.1) is 19.3 Å². The highest BCUT2D eigenvalue weighted by Crippen LogP contribution is 2.41. The maximum Gasteiger partial charge on any atom is 0.220 e. The summed E-state index contributed by atoms with van der Waals surface area (Å²) in [7, 11) is 1.53. The number of nitrogens with one attached hydrogen (secondary N) is 1. The number of aliphatic hydroxyl groups excluding tert-OH is 1. The Morgan fingerprint density at radius 2 is 2.24 bits per heavy atom. The molecule has 1 heterocycles. The van der Waals surface area contributed by atoms with Gasteiger partial charge in [-0.15, -0.1) is 0 Å². The number of carbonyl (C=O) groups is 1. The van der Waals surface area contributed by atoms with Crippen molar-refractivity contribution in [3.05, 3.63) is 52.0 Å². The molecule has 2 aromatic rings. The van der Waals surface area contributed by atoms with Crippen LogP contribution in [0.15, 0.2) is 35.0 Å². The van der Waals surface area contributed by atoms with Crippen molar-refractivity contribution in [1.82, 2.24) is 5.32 Å². The number of aliphatic hydroxyl groups is 1. The molecule has 25 heavy (non-hydrogen) atoms. The number of aryl methyl sites for hydroxylation is 1. The number of hydrogen-bond donors (Lipinski definition) is 2. The first kappa shape index (κ1) is 17.9. The van der Waals surface area contributed by atoms with Crippen molar-refractivity contribution < 1.29 is 19.0 Å². The molecule has 1 amide bonds. The van der Waals surface area contributed by atoms with Gasteiger partial charge < -0.3 is 15.2 Å². The zero-order valence-corrected chi connectivity index (χ0v) is 14.9. The molecule has 1 atom stereocenters. The van der Waals surface area contributed by atoms with Crippen LogP contribution in [0.25, 0.3) is 0 Å². The third kappa shape index (κ3) is 4.38. The van der Waals surface area contributed by atoms with Gasteiger partial charge in [-0.25, -0.2) is 4.39 Å². The van der Waals surface area contributed by atoms with Crippen LogP contribution in [0.3, 0.4) is 0 Å². The highest BCUT2D eigenvalue weighted by atomic mass is 32.1. The highest BCUT2D eigenvalue weighted by Gasteiger charge is 2.37. The average Bonchev–Trinajstić information content (AvgIpc) is 3.09. The monoisotopic (exact) mass is 363 g/mol. The first-order valence-corrected chi connectivity index (χ1v) is 9.33. The quantitative estimate of drug-likeness (QED) is 0.792. The van der Waals surface area contributed by atoms with Crippen molar-refractivity contribution in [2.24, 2.45) is 5.92 Å². The number of carbonyl (C=O) groups excluding carboxylic acids is 1. The van der Waals surface area contributed by atoms with Crippen molar-refractivity contribution in [2.45, 2.75) is 37.8 Å². The van der Waals surface area contributed by atoms with Crippen LogP contribution in [0.5, 0.6) is 5.75 Å². The summed E-state index contributed by atoms with van der Waals surface area (Å²) >= 11 is 1.61. The normalized spacial score (nSPS) is 20.6. The van der Waals surface area contributed by atoms with Crippen LogP contribution >= 0.6 is 11.3 Å². The lowest BCUT2D eigenvalue weighted by Crippen LogP contribution is -2.41. The molecular weight excluding hydrogens is 341 g/mol. The number of rotatable bonds is 7. The highest BCUT2D eigenvalue weighted by molar-refractivity contribution is 7.07. The predicted molar refractivity (Wildman–Crippen MR) is 95.2 cm³/mol. The van der Waals surface area contributed by atoms with Crippen molar-refractivity contribution in [1.29, 1.82) is 0 Å². The lowest BCUT2D eigenvalue weighted by Gasteiger charge is -2.38. The number of methoxy groups -OCH3 is 1. The Hall–Kier alpha value is -1.92. The molecule has 1 aliphatic carbocycles. The molecule has 1 saturated carbocycles. The fraction of sp³-hybridized carbons (Fsp3) is 0.421. The minimum atomic E-state index is -0.367. The van der Waals surface area contributed by atoms with Crippen molar-refractivity contribution in [2.75, 3.05) is 7.11 Å². The van der Waals surface area contributed by atoms with Gasteiger partial charge in [-0.1, -0.05) is 0 Å². The third-order valence-electron chi connectivity index (χ3n) is 4.69. The zero-order chi connectivity index (χ0) is 17.8. The minimum absolute atomic E-state index is 0.0794. The van der Waals surface area contributed by atoms with Crippen LogP contribution in [-0.2, 0) is 11.2 Å². The molecule has 3 rings (SSSR count). The van der Waals surface area contributed by atoms with Crippen LogP contribution in [0.1, 0.15) is 36.4 Å². The lowest BCUT2D eigenvalue weighted by molar-refractivity contribution is -0.123. The second kappa shape index (κ2) is 7.97. The van der Waals surface area contributed by atoms with Gasteiger partial charge in [0.1, 0.15) is 11.6 Å². The van der Waals surface area contributed by atoms with Crippen LogP contribution in [0.2, 0.25) is 0 Å². The number of ether oxygens (including phenoxy) is 1. The van der Waals surface area contributed by atoms with Crippen molar-refractivity contribution in [3.8, 4) is 5.75 Å². The van der Waals surface area contributed by atoms with E-state index in [2.05, 4.69) is 5.32 Å². The van der Waals surface area contributed by atoms with Gasteiger partial charge in [-0.3, -0.25) is 4.79 Å². The van der Waals surface area contributed by atoms with Gasteiger partial charge >= 0.3 is 0 Å². The Kier molecular flexibility index (Phi) is 5.71. The summed E-state index contributed by atoms with van der Waals surface area (Å²) in [5, 5.41) is 16.7. The van der Waals surface area contributed by atoms with E-state index in [-0.39, 0.29) is 29.8 Å². The molecule has 6 heteroatoms. The van der Waals surface area contributed by atoms with Gasteiger partial charge in [-0.2, -0.15) is 11.3 Å². The molecule has 1 fully saturated rings. The summed E-state index contributed by atoms with van der Waals surface area (Å²) in [6.45, 7) is 0. The molecular formula is C19H22FNO3S. The maximum atomic E-state index is 13.8. The fourth-order valence-electron chi connectivity index (χ4n) is 3.24. The Bertz CT molecular complexity index is 713. The fourth-order valence-corrected chi connectivity index (χ4v) is 3.94. The van der Waals surface area contributed by atoms with Gasteiger partial charge in [0.2, 0.25) is 5.91 Å². The lowest BCUT2D eigenvalue weighted by atomic mass is 9.74. The van der Waals surface area contributed by atoms with Gasteiger partial charge in [0.25, 0.3) is 0 Å². The van der Waals surface area contributed by atoms with E-state index in [9.17, 15) is 14.3 Å². The van der Waals surface area contributed by atoms with E-state index in [1.165, 1.54) is 19.2 Å². The molecule has 0 saturated heterocycles. The van der Waals surface area contributed by atoms with E-state index < -0.39 is 0 Å². The van der Waals surface area contributed by atoms with E-state index in [4.69, 9.17) is 4.74 Å². The molecule has 2 N–H and O–H groups in total. The number of thiophene rings is 1. The second-order valence-corrected chi connectivity index (χ2v) is 7.23. The molecule has 134 valence electrons. The number of benzene rings is 1. The standard InChI is InChI=1S/C19H22FNO3S/c1-24-17-4-3-14(20)10-16(17)19(13-8-15(22)9-13)21-18(23)5-2-12-6-7-25-11-12/h3-4,6-7,10-11,13,15,19,22H,2,5,8-9H2,1H3,(H,21,23). The summed E-state index contributed by atoms with van der Waals surface area (Å²) in [5.41, 5.74) is 1.77. The summed E-state index contributed by atoms with van der Waals surface area (Å²) in [4.78, 5) is 12.4. The molecule has 4 nitrogen and oxygen atoms in total. The van der Waals surface area contributed by atoms with Crippen molar-refractivity contribution >= 4 is 17.2 Å². The molecule has 1 aliphatic rings. The van der Waals surface area contributed by atoms with E-state index in [0.717, 1.165) is 5.56 Å². The number of halogens is 1. The van der Waals surface area contributed by atoms with Crippen LogP contribution in [0.4, 0.5) is 4.39 Å². The van der Waals surface area contributed by atoms with Crippen molar-refractivity contribution in [3.63, 3.8) is 0 Å². The molecule has 0 spiro atoms. The van der Waals surface area contributed by atoms with E-state index >= 15 is 0 Å². The average molecular weight is 363 g/mol. The Balaban J connectivity index is 1.73. The largest absolute Gasteiger partial charge is 0.496 e. The molecule has 1 aromatic carbocycles. The smallest absolute Gasteiger partial charge is 0.220 e. The molecule has 0 bridgehead atoms. The van der Waals surface area contributed by atoms with E-state index in [1.54, 1.807) is 17.4 Å². The Morgan fingerprint density at radius 1 is 1.44 bits per heavy atom. The predicted octanol–water partition coefficient (Wildman–Crippen LogP) is 3.46. The Labute approximate surface area is 150 Å². The Morgan fingerprint density at radius 3 is 2.88 bits per heavy atom. The van der Waals surface area contributed by atoms with E-state index in [1.807, 2.05) is 16.8 Å². The van der Waals surface area contributed by atoms with Gasteiger partial charge in [0.15, 0.2) is 0 Å². The summed E-state index contributed by atoms with van der Waals surface area (Å²) in [6.07, 6.45) is 1.88. The van der Waals surface area contributed by atoms with Crippen LogP contribution in [-0.4, -0.2) is 24.2 Å². The first-order chi connectivity index (χ1) is 12.1. The molecule has 1 aromatic heterocycles. The molecule has 1 unspecified atom stereocenters. The molecule has 0 aliphatic heterocycles. The zero-order valence-electron chi connectivity index (χ0n) is 14.1. The SMILES string of the molecule is COc1ccc(F)cc1C(NC(=O)CCc1ccsc1)C1CC(O)C1. The maximum absolute atomic E-state index is 13.8. The topological polar surface area (TPSA) is 58.6 Å². The summed E-state index contributed by atoms with van der Waals surface area (Å²) < 4.78 is 19.1. The summed E-state index contributed by atoms with van der Waals surface area (Å²) in [6, 6.07) is 5.97. The first-order valence-electron chi connectivity index (χ1n) is 8.38. The van der Waals surface area contributed by atoms with Crippen LogP contribution in [0, 0.1) is 11.7 Å². The van der Waals surface area contributed by atoms with E-state index in [0.29, 0.717) is 37.0 Å². The van der Waals surface area contributed by atoms with Crippen LogP contribution < -0.4 is 10.1 Å².